The molecule has 0 aliphatic carbocycles. The van der Waals surface area contributed by atoms with E-state index in [1.54, 1.807) is 19.2 Å². The predicted molar refractivity (Wildman–Crippen MR) is 89.3 cm³/mol. The monoisotopic (exact) mass is 334 g/mol. The molecular weight excluding hydrogens is 315 g/mol. The van der Waals surface area contributed by atoms with E-state index in [0.29, 0.717) is 18.0 Å². The minimum atomic E-state index is -0.627. The third-order valence-corrected chi connectivity index (χ3v) is 3.24. The first kappa shape index (κ1) is 17.6. The fraction of sp³-hybridized carbons (Fsp3) is 0.235. The highest BCUT2D eigenvalue weighted by Crippen LogP contribution is 2.32. The van der Waals surface area contributed by atoms with Gasteiger partial charge in [-0.2, -0.15) is 0 Å². The number of carbonyl (C=O) groups is 1. The first-order valence-corrected chi connectivity index (χ1v) is 7.14. The molecule has 2 N–H and O–H groups in total. The number of halogens is 1. The van der Waals surface area contributed by atoms with Gasteiger partial charge in [-0.25, -0.2) is 9.18 Å². The van der Waals surface area contributed by atoms with Crippen LogP contribution >= 0.6 is 0 Å². The molecule has 24 heavy (non-hydrogen) atoms. The topological polar surface area (TPSA) is 68.8 Å². The zero-order chi connectivity index (χ0) is 17.5. The molecule has 0 fully saturated rings. The van der Waals surface area contributed by atoms with Crippen molar-refractivity contribution >= 4 is 17.4 Å². The van der Waals surface area contributed by atoms with Gasteiger partial charge < -0.3 is 24.8 Å². The number of carbonyl (C=O) groups excluding carboxylic acids is 1. The second-order valence-electron chi connectivity index (χ2n) is 4.90. The van der Waals surface area contributed by atoms with Crippen molar-refractivity contribution in [2.24, 2.45) is 0 Å². The summed E-state index contributed by atoms with van der Waals surface area (Å²) in [6.07, 6.45) is 0. The third-order valence-electron chi connectivity index (χ3n) is 3.24. The maximum atomic E-state index is 14.0. The Balaban J connectivity index is 2.06. The molecule has 0 saturated heterocycles. The molecule has 2 rings (SSSR count). The summed E-state index contributed by atoms with van der Waals surface area (Å²) in [6.45, 7) is 0.489. The van der Waals surface area contributed by atoms with Gasteiger partial charge in [-0.1, -0.05) is 12.1 Å². The number of rotatable bonds is 6. The number of urea groups is 1. The average molecular weight is 334 g/mol. The predicted octanol–water partition coefficient (Wildman–Crippen LogP) is 3.63. The molecule has 0 heterocycles. The Labute approximate surface area is 139 Å². The van der Waals surface area contributed by atoms with Crippen LogP contribution in [0.1, 0.15) is 5.56 Å². The van der Waals surface area contributed by atoms with Gasteiger partial charge in [0.05, 0.1) is 26.5 Å². The molecule has 0 aliphatic heterocycles. The second kappa shape index (κ2) is 8.16. The van der Waals surface area contributed by atoms with E-state index in [4.69, 9.17) is 14.2 Å². The summed E-state index contributed by atoms with van der Waals surface area (Å²) < 4.78 is 29.1. The van der Waals surface area contributed by atoms with Crippen LogP contribution in [0.3, 0.4) is 0 Å². The SMILES string of the molecule is COCc1ccc(NC(=O)Nc2cc(OC)c(OC)cc2F)cc1. The van der Waals surface area contributed by atoms with E-state index in [0.717, 1.165) is 11.6 Å². The quantitative estimate of drug-likeness (QED) is 0.846. The number of hydrogen-bond donors (Lipinski definition) is 2. The van der Waals surface area contributed by atoms with E-state index in [9.17, 15) is 9.18 Å². The lowest BCUT2D eigenvalue weighted by Crippen LogP contribution is -2.20. The molecular formula is C17H19FN2O4. The Morgan fingerprint density at radius 1 is 1.00 bits per heavy atom. The van der Waals surface area contributed by atoms with Crippen LogP contribution in [0, 0.1) is 5.82 Å². The Bertz CT molecular complexity index is 704. The van der Waals surface area contributed by atoms with Crippen LogP contribution in [0.2, 0.25) is 0 Å². The number of hydrogen-bond acceptors (Lipinski definition) is 4. The molecule has 0 spiro atoms. The Hall–Kier alpha value is -2.80. The van der Waals surface area contributed by atoms with Crippen molar-refractivity contribution in [1.82, 2.24) is 0 Å². The number of nitrogens with one attached hydrogen (secondary N) is 2. The summed E-state index contributed by atoms with van der Waals surface area (Å²) in [6, 6.07) is 9.06. The van der Waals surface area contributed by atoms with Gasteiger partial charge in [-0.3, -0.25) is 0 Å². The zero-order valence-electron chi connectivity index (χ0n) is 13.7. The fourth-order valence-corrected chi connectivity index (χ4v) is 2.09. The molecule has 0 atom stereocenters. The van der Waals surface area contributed by atoms with Crippen LogP contribution in [0.25, 0.3) is 0 Å². The van der Waals surface area contributed by atoms with Crippen molar-refractivity contribution in [3.8, 4) is 11.5 Å². The minimum Gasteiger partial charge on any atom is -0.493 e. The van der Waals surface area contributed by atoms with Crippen LogP contribution in [0.5, 0.6) is 11.5 Å². The van der Waals surface area contributed by atoms with E-state index < -0.39 is 11.8 Å². The van der Waals surface area contributed by atoms with Crippen LogP contribution in [0.4, 0.5) is 20.6 Å². The van der Waals surface area contributed by atoms with Gasteiger partial charge in [0.25, 0.3) is 0 Å². The first-order chi connectivity index (χ1) is 11.6. The number of benzene rings is 2. The Morgan fingerprint density at radius 3 is 2.21 bits per heavy atom. The molecule has 6 nitrogen and oxygen atoms in total. The van der Waals surface area contributed by atoms with Gasteiger partial charge in [-0.05, 0) is 17.7 Å². The maximum absolute atomic E-state index is 14.0. The molecule has 128 valence electrons. The van der Waals surface area contributed by atoms with Gasteiger partial charge in [-0.15, -0.1) is 0 Å². The average Bonchev–Trinajstić information content (AvgIpc) is 2.58. The molecule has 0 saturated carbocycles. The normalized spacial score (nSPS) is 10.2. The van der Waals surface area contributed by atoms with Crippen LogP contribution < -0.4 is 20.1 Å². The second-order valence-corrected chi connectivity index (χ2v) is 4.90. The lowest BCUT2D eigenvalue weighted by Gasteiger charge is -2.12. The van der Waals surface area contributed by atoms with Crippen molar-refractivity contribution < 1.29 is 23.4 Å². The van der Waals surface area contributed by atoms with Crippen molar-refractivity contribution in [3.63, 3.8) is 0 Å². The maximum Gasteiger partial charge on any atom is 0.323 e. The van der Waals surface area contributed by atoms with Gasteiger partial charge >= 0.3 is 6.03 Å². The fourth-order valence-electron chi connectivity index (χ4n) is 2.09. The third kappa shape index (κ3) is 4.36. The highest BCUT2D eigenvalue weighted by Gasteiger charge is 2.13. The molecule has 0 unspecified atom stereocenters. The van der Waals surface area contributed by atoms with E-state index in [2.05, 4.69) is 10.6 Å². The summed E-state index contributed by atoms with van der Waals surface area (Å²) in [5, 5.41) is 5.06. The molecule has 0 bridgehead atoms. The highest BCUT2D eigenvalue weighted by atomic mass is 19.1. The number of ether oxygens (including phenoxy) is 3. The van der Waals surface area contributed by atoms with Crippen molar-refractivity contribution in [3.05, 3.63) is 47.8 Å². The van der Waals surface area contributed by atoms with Crippen molar-refractivity contribution in [2.75, 3.05) is 32.0 Å². The Morgan fingerprint density at radius 2 is 1.62 bits per heavy atom. The molecule has 0 aliphatic rings. The smallest absolute Gasteiger partial charge is 0.323 e. The van der Waals surface area contributed by atoms with Crippen LogP contribution in [-0.2, 0) is 11.3 Å². The van der Waals surface area contributed by atoms with E-state index >= 15 is 0 Å². The Kier molecular flexibility index (Phi) is 5.97. The highest BCUT2D eigenvalue weighted by molar-refractivity contribution is 6.00. The molecule has 0 radical (unpaired) electrons. The molecule has 7 heteroatoms. The standard InChI is InChI=1S/C17H19FN2O4/c1-22-10-11-4-6-12(7-5-11)19-17(21)20-14-9-16(24-3)15(23-2)8-13(14)18/h4-9H,10H2,1-3H3,(H2,19,20,21). The van der Waals surface area contributed by atoms with Crippen molar-refractivity contribution in [2.45, 2.75) is 6.61 Å². The van der Waals surface area contributed by atoms with E-state index in [1.807, 2.05) is 12.1 Å². The lowest BCUT2D eigenvalue weighted by molar-refractivity contribution is 0.185. The van der Waals surface area contributed by atoms with E-state index in [1.165, 1.54) is 20.3 Å². The first-order valence-electron chi connectivity index (χ1n) is 7.14. The molecule has 2 aromatic carbocycles. The number of anilines is 2. The van der Waals surface area contributed by atoms with Gasteiger partial charge in [0, 0.05) is 24.9 Å². The number of methoxy groups -OCH3 is 3. The summed E-state index contributed by atoms with van der Waals surface area (Å²) in [5.74, 6) is -0.0638. The summed E-state index contributed by atoms with van der Waals surface area (Å²) >= 11 is 0. The van der Waals surface area contributed by atoms with Gasteiger partial charge in [0.2, 0.25) is 0 Å². The van der Waals surface area contributed by atoms with E-state index in [-0.39, 0.29) is 11.4 Å². The number of amides is 2. The van der Waals surface area contributed by atoms with Crippen molar-refractivity contribution in [1.29, 1.82) is 0 Å². The summed E-state index contributed by atoms with van der Waals surface area (Å²) in [5.41, 5.74) is 1.55. The van der Waals surface area contributed by atoms with Gasteiger partial charge in [0.15, 0.2) is 17.3 Å². The molecule has 2 amide bonds. The summed E-state index contributed by atoms with van der Waals surface area (Å²) in [7, 11) is 4.45. The molecule has 2 aromatic rings. The zero-order valence-corrected chi connectivity index (χ0v) is 13.7. The summed E-state index contributed by atoms with van der Waals surface area (Å²) in [4.78, 5) is 12.0. The minimum absolute atomic E-state index is 0.0128. The lowest BCUT2D eigenvalue weighted by atomic mass is 10.2. The van der Waals surface area contributed by atoms with Gasteiger partial charge in [0.1, 0.15) is 0 Å². The largest absolute Gasteiger partial charge is 0.493 e. The molecule has 0 aromatic heterocycles. The van der Waals surface area contributed by atoms with Crippen LogP contribution in [-0.4, -0.2) is 27.4 Å². The van der Waals surface area contributed by atoms with Crippen LogP contribution in [0.15, 0.2) is 36.4 Å².